The molecule has 0 saturated heterocycles. The normalized spacial score (nSPS) is 18.9. The number of hydrogen-bond acceptors (Lipinski definition) is 4. The number of thioether (sulfide) groups is 1. The van der Waals surface area contributed by atoms with Crippen molar-refractivity contribution in [3.05, 3.63) is 65.2 Å². The predicted octanol–water partition coefficient (Wildman–Crippen LogP) is 4.15. The zero-order valence-electron chi connectivity index (χ0n) is 15.9. The fourth-order valence-electron chi connectivity index (χ4n) is 3.79. The zero-order chi connectivity index (χ0) is 19.5. The lowest BCUT2D eigenvalue weighted by molar-refractivity contribution is -0.118. The molecular formula is C22H23N3O2S. The third-order valence-electron chi connectivity index (χ3n) is 5.20. The highest BCUT2D eigenvalue weighted by Gasteiger charge is 2.26. The van der Waals surface area contributed by atoms with Crippen molar-refractivity contribution in [2.45, 2.75) is 37.9 Å². The van der Waals surface area contributed by atoms with Gasteiger partial charge in [0.1, 0.15) is 0 Å². The standard InChI is InChI=1S/C22H23N3O2S/c1-15-21(23-24-22(27)28-15)18-10-11-19-17(14-18)8-5-13-25(19)20(26)12-9-16-6-3-2-4-7-16/h2-4,6-7,10-11,14-15H,5,8-9,12-13H2,1H3,(H,24,27). The molecule has 144 valence electrons. The number of benzene rings is 2. The van der Waals surface area contributed by atoms with Crippen LogP contribution < -0.4 is 10.3 Å². The fourth-order valence-corrected chi connectivity index (χ4v) is 4.51. The quantitative estimate of drug-likeness (QED) is 0.849. The first-order chi connectivity index (χ1) is 13.6. The first-order valence-corrected chi connectivity index (χ1v) is 10.5. The van der Waals surface area contributed by atoms with Crippen LogP contribution in [-0.4, -0.2) is 28.7 Å². The zero-order valence-corrected chi connectivity index (χ0v) is 16.7. The molecule has 2 amide bonds. The minimum atomic E-state index is -0.121. The van der Waals surface area contributed by atoms with Crippen LogP contribution in [0.25, 0.3) is 0 Å². The van der Waals surface area contributed by atoms with Gasteiger partial charge >= 0.3 is 0 Å². The monoisotopic (exact) mass is 393 g/mol. The fraction of sp³-hybridized carbons (Fsp3) is 0.318. The molecule has 1 unspecified atom stereocenters. The number of nitrogens with one attached hydrogen (secondary N) is 1. The molecule has 2 aromatic carbocycles. The van der Waals surface area contributed by atoms with Gasteiger partial charge in [0.2, 0.25) is 5.91 Å². The third kappa shape index (κ3) is 3.97. The van der Waals surface area contributed by atoms with E-state index in [1.54, 1.807) is 0 Å². The molecule has 5 nitrogen and oxygen atoms in total. The predicted molar refractivity (Wildman–Crippen MR) is 114 cm³/mol. The van der Waals surface area contributed by atoms with E-state index >= 15 is 0 Å². The van der Waals surface area contributed by atoms with Crippen LogP contribution in [0.1, 0.15) is 36.5 Å². The average molecular weight is 394 g/mol. The van der Waals surface area contributed by atoms with Crippen molar-refractivity contribution >= 4 is 34.3 Å². The molecule has 4 rings (SSSR count). The summed E-state index contributed by atoms with van der Waals surface area (Å²) in [5.41, 5.74) is 7.80. The SMILES string of the molecule is CC1SC(=O)NN=C1c1ccc2c(c1)CCCN2C(=O)CCc1ccccc1. The Labute approximate surface area is 169 Å². The molecule has 0 saturated carbocycles. The Hall–Kier alpha value is -2.60. The van der Waals surface area contributed by atoms with Crippen LogP contribution in [0.4, 0.5) is 10.5 Å². The largest absolute Gasteiger partial charge is 0.312 e. The molecule has 0 fully saturated rings. The maximum absolute atomic E-state index is 12.9. The highest BCUT2D eigenvalue weighted by atomic mass is 32.2. The van der Waals surface area contributed by atoms with Crippen molar-refractivity contribution in [2.24, 2.45) is 5.10 Å². The lowest BCUT2D eigenvalue weighted by Gasteiger charge is -2.30. The first-order valence-electron chi connectivity index (χ1n) is 9.63. The topological polar surface area (TPSA) is 61.8 Å². The van der Waals surface area contributed by atoms with Crippen molar-refractivity contribution in [2.75, 3.05) is 11.4 Å². The van der Waals surface area contributed by atoms with E-state index in [0.29, 0.717) is 6.42 Å². The summed E-state index contributed by atoms with van der Waals surface area (Å²) < 4.78 is 0. The molecule has 28 heavy (non-hydrogen) atoms. The summed E-state index contributed by atoms with van der Waals surface area (Å²) in [4.78, 5) is 26.3. The highest BCUT2D eigenvalue weighted by molar-refractivity contribution is 8.14. The van der Waals surface area contributed by atoms with Crippen LogP contribution in [0.3, 0.4) is 0 Å². The number of carbonyl (C=O) groups is 2. The molecule has 0 spiro atoms. The summed E-state index contributed by atoms with van der Waals surface area (Å²) in [6.45, 7) is 2.75. The van der Waals surface area contributed by atoms with Gasteiger partial charge in [0.25, 0.3) is 5.24 Å². The Kier molecular flexibility index (Phi) is 5.48. The second-order valence-corrected chi connectivity index (χ2v) is 8.45. The summed E-state index contributed by atoms with van der Waals surface area (Å²) in [7, 11) is 0. The van der Waals surface area contributed by atoms with E-state index < -0.39 is 0 Å². The molecule has 2 heterocycles. The van der Waals surface area contributed by atoms with Crippen LogP contribution in [0.15, 0.2) is 53.6 Å². The Bertz CT molecular complexity index is 927. The molecule has 1 atom stereocenters. The van der Waals surface area contributed by atoms with E-state index in [0.717, 1.165) is 42.8 Å². The molecule has 0 radical (unpaired) electrons. The lowest BCUT2D eigenvalue weighted by atomic mass is 9.96. The lowest BCUT2D eigenvalue weighted by Crippen LogP contribution is -2.36. The van der Waals surface area contributed by atoms with Gasteiger partial charge in [-0.15, -0.1) is 0 Å². The van der Waals surface area contributed by atoms with Gasteiger partial charge in [-0.3, -0.25) is 9.59 Å². The van der Waals surface area contributed by atoms with Gasteiger partial charge in [-0.05, 0) is 55.0 Å². The van der Waals surface area contributed by atoms with Crippen molar-refractivity contribution in [1.29, 1.82) is 0 Å². The average Bonchev–Trinajstić information content (AvgIpc) is 2.72. The second kappa shape index (κ2) is 8.19. The van der Waals surface area contributed by atoms with Gasteiger partial charge in [0.05, 0.1) is 11.0 Å². The van der Waals surface area contributed by atoms with Crippen LogP contribution in [0.2, 0.25) is 0 Å². The minimum Gasteiger partial charge on any atom is -0.312 e. The molecule has 1 N–H and O–H groups in total. The van der Waals surface area contributed by atoms with E-state index in [2.05, 4.69) is 28.7 Å². The number of amides is 2. The van der Waals surface area contributed by atoms with E-state index in [4.69, 9.17) is 0 Å². The molecule has 2 aromatic rings. The summed E-state index contributed by atoms with van der Waals surface area (Å²) in [5.74, 6) is 0.170. The van der Waals surface area contributed by atoms with Crippen molar-refractivity contribution in [1.82, 2.24) is 5.43 Å². The summed E-state index contributed by atoms with van der Waals surface area (Å²) in [6, 6.07) is 16.3. The van der Waals surface area contributed by atoms with Gasteiger partial charge in [-0.2, -0.15) is 5.10 Å². The number of hydrazone groups is 1. The van der Waals surface area contributed by atoms with Crippen molar-refractivity contribution in [3.63, 3.8) is 0 Å². The summed E-state index contributed by atoms with van der Waals surface area (Å²) in [5, 5.41) is 4.14. The van der Waals surface area contributed by atoms with Crippen molar-refractivity contribution in [3.8, 4) is 0 Å². The number of aryl methyl sites for hydroxylation is 2. The van der Waals surface area contributed by atoms with Crippen LogP contribution in [0.5, 0.6) is 0 Å². The molecular weight excluding hydrogens is 370 g/mol. The first kappa shape index (κ1) is 18.7. The Morgan fingerprint density at radius 2 is 2.07 bits per heavy atom. The second-order valence-electron chi connectivity index (χ2n) is 7.13. The molecule has 0 aliphatic carbocycles. The maximum Gasteiger partial charge on any atom is 0.299 e. The number of rotatable bonds is 4. The Morgan fingerprint density at radius 1 is 1.25 bits per heavy atom. The van der Waals surface area contributed by atoms with Gasteiger partial charge in [-0.1, -0.05) is 48.2 Å². The van der Waals surface area contributed by atoms with Crippen LogP contribution in [0, 0.1) is 0 Å². The minimum absolute atomic E-state index is 0.0130. The summed E-state index contributed by atoms with van der Waals surface area (Å²) >= 11 is 1.25. The van der Waals surface area contributed by atoms with E-state index in [1.807, 2.05) is 42.2 Å². The van der Waals surface area contributed by atoms with Crippen molar-refractivity contribution < 1.29 is 9.59 Å². The van der Waals surface area contributed by atoms with Gasteiger partial charge in [0, 0.05) is 18.7 Å². The van der Waals surface area contributed by atoms with Gasteiger partial charge in [-0.25, -0.2) is 5.43 Å². The highest BCUT2D eigenvalue weighted by Crippen LogP contribution is 2.31. The molecule has 2 aliphatic heterocycles. The van der Waals surface area contributed by atoms with Crippen LogP contribution in [-0.2, 0) is 17.6 Å². The smallest absolute Gasteiger partial charge is 0.299 e. The maximum atomic E-state index is 12.9. The van der Waals surface area contributed by atoms with Crippen LogP contribution >= 0.6 is 11.8 Å². The number of carbonyl (C=O) groups excluding carboxylic acids is 2. The van der Waals surface area contributed by atoms with Gasteiger partial charge < -0.3 is 4.90 Å². The number of anilines is 1. The molecule has 0 bridgehead atoms. The Morgan fingerprint density at radius 3 is 2.86 bits per heavy atom. The van der Waals surface area contributed by atoms with E-state index in [9.17, 15) is 9.59 Å². The Balaban J connectivity index is 1.52. The third-order valence-corrected chi connectivity index (χ3v) is 6.08. The van der Waals surface area contributed by atoms with E-state index in [-0.39, 0.29) is 16.4 Å². The molecule has 0 aromatic heterocycles. The molecule has 6 heteroatoms. The number of fused-ring (bicyclic) bond motifs is 1. The number of hydrogen-bond donors (Lipinski definition) is 1. The summed E-state index contributed by atoms with van der Waals surface area (Å²) in [6.07, 6.45) is 3.18. The number of nitrogens with zero attached hydrogens (tertiary/aromatic N) is 2. The molecule has 2 aliphatic rings. The van der Waals surface area contributed by atoms with Gasteiger partial charge in [0.15, 0.2) is 0 Å². The van der Waals surface area contributed by atoms with E-state index in [1.165, 1.54) is 22.9 Å².